The fraction of sp³-hybridized carbons (Fsp3) is 0.455. The van der Waals surface area contributed by atoms with Gasteiger partial charge in [-0.25, -0.2) is 4.98 Å². The highest BCUT2D eigenvalue weighted by Crippen LogP contribution is 2.24. The Morgan fingerprint density at radius 2 is 2.12 bits per heavy atom. The fourth-order valence-electron chi connectivity index (χ4n) is 3.68. The van der Waals surface area contributed by atoms with Crippen LogP contribution in [0.25, 0.3) is 5.65 Å². The highest BCUT2D eigenvalue weighted by Gasteiger charge is 2.24. The maximum atomic E-state index is 12.9. The summed E-state index contributed by atoms with van der Waals surface area (Å²) < 4.78 is 8.87. The first-order valence-electron chi connectivity index (χ1n) is 11.1. The smallest absolute Gasteiger partial charge is 0.274 e. The van der Waals surface area contributed by atoms with E-state index in [4.69, 9.17) is 4.74 Å². The molecule has 0 saturated heterocycles. The molecular formula is C22H27N7O3. The zero-order valence-corrected chi connectivity index (χ0v) is 18.0. The summed E-state index contributed by atoms with van der Waals surface area (Å²) in [5.74, 6) is 0.910. The largest absolute Gasteiger partial charge is 0.376 e. The molecule has 3 aromatic heterocycles. The number of rotatable bonds is 9. The number of ether oxygens (including phenoxy) is 1. The third-order valence-electron chi connectivity index (χ3n) is 5.91. The molecule has 2 fully saturated rings. The highest BCUT2D eigenvalue weighted by molar-refractivity contribution is 6.00. The molecule has 3 N–H and O–H groups in total. The molecule has 168 valence electrons. The minimum atomic E-state index is -0.186. The molecule has 3 aromatic rings. The van der Waals surface area contributed by atoms with Gasteiger partial charge in [-0.05, 0) is 44.2 Å². The quantitative estimate of drug-likeness (QED) is 0.470. The van der Waals surface area contributed by atoms with E-state index in [0.717, 1.165) is 32.1 Å². The third-order valence-corrected chi connectivity index (χ3v) is 5.91. The van der Waals surface area contributed by atoms with Crippen molar-refractivity contribution in [2.45, 2.75) is 50.8 Å². The van der Waals surface area contributed by atoms with Gasteiger partial charge < -0.3 is 25.3 Å². The van der Waals surface area contributed by atoms with Gasteiger partial charge in [-0.2, -0.15) is 9.61 Å². The molecule has 3 heterocycles. The van der Waals surface area contributed by atoms with Crippen LogP contribution in [0, 0.1) is 0 Å². The average molecular weight is 438 g/mol. The molecule has 0 bridgehead atoms. The molecule has 0 aliphatic heterocycles. The van der Waals surface area contributed by atoms with E-state index in [2.05, 4.69) is 26.0 Å². The number of carbonyl (C=O) groups excluding carboxylic acids is 1. The molecule has 5 rings (SSSR count). The Bertz CT molecular complexity index is 1190. The van der Waals surface area contributed by atoms with Crippen LogP contribution in [0.15, 0.2) is 35.4 Å². The molecule has 0 unspecified atom stereocenters. The van der Waals surface area contributed by atoms with E-state index in [-0.39, 0.29) is 17.5 Å². The standard InChI is InChI=1S/C22H27N7O3/c1-23-19-12-18(26-17-6-3-9-28(22(17)31)10-11-32-15-7-8-15)27-20-16(13-24-29(19)20)21(30)25-14-4-2-5-14/h3,6,9,12-15,23H,2,4-5,7-8,10-11H2,1H3,(H,25,30)(H,26,27). The lowest BCUT2D eigenvalue weighted by Gasteiger charge is -2.26. The lowest BCUT2D eigenvalue weighted by Crippen LogP contribution is -2.39. The summed E-state index contributed by atoms with van der Waals surface area (Å²) in [5.41, 5.74) is 1.07. The van der Waals surface area contributed by atoms with Gasteiger partial charge in [0.25, 0.3) is 11.5 Å². The van der Waals surface area contributed by atoms with E-state index in [9.17, 15) is 9.59 Å². The average Bonchev–Trinajstić information content (AvgIpc) is 3.49. The van der Waals surface area contributed by atoms with E-state index in [1.807, 2.05) is 6.07 Å². The molecule has 1 amide bonds. The van der Waals surface area contributed by atoms with E-state index in [1.165, 1.54) is 6.20 Å². The predicted octanol–water partition coefficient (Wildman–Crippen LogP) is 2.14. The van der Waals surface area contributed by atoms with Gasteiger partial charge in [0, 0.05) is 31.9 Å². The number of pyridine rings is 1. The molecule has 2 aliphatic rings. The Hall–Kier alpha value is -3.40. The van der Waals surface area contributed by atoms with E-state index in [0.29, 0.717) is 47.8 Å². The molecule has 2 saturated carbocycles. The maximum Gasteiger partial charge on any atom is 0.274 e. The molecule has 0 aromatic carbocycles. The van der Waals surface area contributed by atoms with Crippen LogP contribution < -0.4 is 21.5 Å². The van der Waals surface area contributed by atoms with Crippen molar-refractivity contribution in [3.05, 3.63) is 46.5 Å². The van der Waals surface area contributed by atoms with Crippen LogP contribution in [0.5, 0.6) is 0 Å². The van der Waals surface area contributed by atoms with Gasteiger partial charge in [-0.3, -0.25) is 9.59 Å². The van der Waals surface area contributed by atoms with Crippen LogP contribution in [0.1, 0.15) is 42.5 Å². The van der Waals surface area contributed by atoms with Gasteiger partial charge in [0.2, 0.25) is 0 Å². The Morgan fingerprint density at radius 1 is 1.28 bits per heavy atom. The number of nitrogens with zero attached hydrogens (tertiary/aromatic N) is 4. The maximum absolute atomic E-state index is 12.9. The Kier molecular flexibility index (Phi) is 5.52. The molecule has 0 spiro atoms. The van der Waals surface area contributed by atoms with Crippen molar-refractivity contribution < 1.29 is 9.53 Å². The number of hydrogen-bond donors (Lipinski definition) is 3. The van der Waals surface area contributed by atoms with E-state index < -0.39 is 0 Å². The highest BCUT2D eigenvalue weighted by atomic mass is 16.5. The van der Waals surface area contributed by atoms with E-state index >= 15 is 0 Å². The molecule has 0 radical (unpaired) electrons. The number of carbonyl (C=O) groups is 1. The Labute approximate surface area is 185 Å². The summed E-state index contributed by atoms with van der Waals surface area (Å²) in [7, 11) is 1.77. The van der Waals surface area contributed by atoms with Gasteiger partial charge in [0.15, 0.2) is 5.65 Å². The second-order valence-corrected chi connectivity index (χ2v) is 8.29. The number of fused-ring (bicyclic) bond motifs is 1. The van der Waals surface area contributed by atoms with Crippen molar-refractivity contribution in [2.75, 3.05) is 24.3 Å². The van der Waals surface area contributed by atoms with Crippen LogP contribution in [-0.2, 0) is 11.3 Å². The molecule has 2 aliphatic carbocycles. The van der Waals surface area contributed by atoms with Gasteiger partial charge in [-0.15, -0.1) is 0 Å². The van der Waals surface area contributed by atoms with Crippen LogP contribution in [0.3, 0.4) is 0 Å². The van der Waals surface area contributed by atoms with Gasteiger partial charge >= 0.3 is 0 Å². The number of hydrogen-bond acceptors (Lipinski definition) is 7. The lowest BCUT2D eigenvalue weighted by molar-refractivity contribution is 0.0918. The summed E-state index contributed by atoms with van der Waals surface area (Å²) in [5, 5.41) is 13.5. The summed E-state index contributed by atoms with van der Waals surface area (Å²) in [6.07, 6.45) is 8.97. The predicted molar refractivity (Wildman–Crippen MR) is 121 cm³/mol. The number of anilines is 3. The third kappa shape index (κ3) is 4.18. The summed E-state index contributed by atoms with van der Waals surface area (Å²) in [6.45, 7) is 1.00. The van der Waals surface area contributed by atoms with Crippen LogP contribution in [0.2, 0.25) is 0 Å². The van der Waals surface area contributed by atoms with E-state index in [1.54, 1.807) is 34.5 Å². The normalized spacial score (nSPS) is 16.0. The summed E-state index contributed by atoms with van der Waals surface area (Å²) in [4.78, 5) is 30.2. The first-order chi connectivity index (χ1) is 15.6. The molecule has 10 nitrogen and oxygen atoms in total. The van der Waals surface area contributed by atoms with Crippen molar-refractivity contribution in [3.63, 3.8) is 0 Å². The Balaban J connectivity index is 1.40. The topological polar surface area (TPSA) is 115 Å². The Morgan fingerprint density at radius 3 is 2.84 bits per heavy atom. The summed E-state index contributed by atoms with van der Waals surface area (Å²) >= 11 is 0. The number of amides is 1. The van der Waals surface area contributed by atoms with Crippen LogP contribution >= 0.6 is 0 Å². The summed E-state index contributed by atoms with van der Waals surface area (Å²) in [6, 6.07) is 5.50. The molecular weight excluding hydrogens is 410 g/mol. The van der Waals surface area contributed by atoms with Crippen molar-refractivity contribution in [1.82, 2.24) is 24.5 Å². The SMILES string of the molecule is CNc1cc(Nc2cccn(CCOC3CC3)c2=O)nc2c(C(=O)NC3CCC3)cnn12. The van der Waals surface area contributed by atoms with Gasteiger partial charge in [-0.1, -0.05) is 0 Å². The molecule has 32 heavy (non-hydrogen) atoms. The van der Waals surface area contributed by atoms with Crippen molar-refractivity contribution >= 4 is 28.9 Å². The van der Waals surface area contributed by atoms with Crippen molar-refractivity contribution in [1.29, 1.82) is 0 Å². The minimum Gasteiger partial charge on any atom is -0.376 e. The van der Waals surface area contributed by atoms with Gasteiger partial charge in [0.1, 0.15) is 22.9 Å². The molecule has 10 heteroatoms. The second-order valence-electron chi connectivity index (χ2n) is 8.29. The van der Waals surface area contributed by atoms with Crippen molar-refractivity contribution in [3.8, 4) is 0 Å². The molecule has 0 atom stereocenters. The van der Waals surface area contributed by atoms with Crippen LogP contribution in [0.4, 0.5) is 17.3 Å². The van der Waals surface area contributed by atoms with Crippen molar-refractivity contribution in [2.24, 2.45) is 0 Å². The van der Waals surface area contributed by atoms with Gasteiger partial charge in [0.05, 0.1) is 18.9 Å². The monoisotopic (exact) mass is 437 g/mol. The zero-order valence-electron chi connectivity index (χ0n) is 18.0. The zero-order chi connectivity index (χ0) is 22.1. The number of aromatic nitrogens is 4. The first-order valence-corrected chi connectivity index (χ1v) is 11.1. The number of nitrogens with one attached hydrogen (secondary N) is 3. The minimum absolute atomic E-state index is 0.156. The fourth-order valence-corrected chi connectivity index (χ4v) is 3.68. The first kappa shape index (κ1) is 20.5. The van der Waals surface area contributed by atoms with Crippen LogP contribution in [-0.4, -0.2) is 50.9 Å². The lowest BCUT2D eigenvalue weighted by atomic mass is 9.93. The second kappa shape index (κ2) is 8.62.